The van der Waals surface area contributed by atoms with E-state index in [2.05, 4.69) is 16.4 Å². The van der Waals surface area contributed by atoms with Crippen molar-refractivity contribution in [3.63, 3.8) is 0 Å². The van der Waals surface area contributed by atoms with Crippen LogP contribution in [-0.4, -0.2) is 16.7 Å². The largest absolute Gasteiger partial charge is 0.356 e. The maximum absolute atomic E-state index is 11.9. The highest BCUT2D eigenvalue weighted by Gasteiger charge is 2.11. The minimum atomic E-state index is -0.315. The van der Waals surface area contributed by atoms with Gasteiger partial charge in [0.2, 0.25) is 0 Å². The first-order chi connectivity index (χ1) is 9.61. The molecule has 2 aromatic rings. The first kappa shape index (κ1) is 13.6. The van der Waals surface area contributed by atoms with Crippen molar-refractivity contribution in [2.45, 2.75) is 13.5 Å². The SMILES string of the molecule is CC(=O)c1c[nH]c(C(=O)NCc2ccccc2C#N)c1. The molecule has 5 heteroatoms. The molecule has 0 fully saturated rings. The van der Waals surface area contributed by atoms with E-state index in [0.29, 0.717) is 16.8 Å². The number of rotatable bonds is 4. The Balaban J connectivity index is 2.05. The van der Waals surface area contributed by atoms with Gasteiger partial charge in [-0.25, -0.2) is 0 Å². The predicted molar refractivity (Wildman–Crippen MR) is 73.1 cm³/mol. The first-order valence-corrected chi connectivity index (χ1v) is 6.07. The molecule has 1 amide bonds. The van der Waals surface area contributed by atoms with Gasteiger partial charge in [-0.2, -0.15) is 5.26 Å². The van der Waals surface area contributed by atoms with Gasteiger partial charge in [0.15, 0.2) is 5.78 Å². The van der Waals surface area contributed by atoms with Gasteiger partial charge in [-0.05, 0) is 24.6 Å². The van der Waals surface area contributed by atoms with Gasteiger partial charge < -0.3 is 10.3 Å². The molecule has 0 unspecified atom stereocenters. The molecule has 1 aromatic heterocycles. The Morgan fingerprint density at radius 2 is 2.10 bits per heavy atom. The van der Waals surface area contributed by atoms with Crippen LogP contribution in [0.5, 0.6) is 0 Å². The molecule has 0 aliphatic rings. The molecular formula is C15H13N3O2. The zero-order chi connectivity index (χ0) is 14.5. The maximum atomic E-state index is 11.9. The first-order valence-electron chi connectivity index (χ1n) is 6.07. The zero-order valence-electron chi connectivity index (χ0n) is 10.9. The van der Waals surface area contributed by atoms with Crippen molar-refractivity contribution in [3.05, 3.63) is 58.9 Å². The second-order valence-electron chi connectivity index (χ2n) is 4.31. The smallest absolute Gasteiger partial charge is 0.267 e. The number of hydrogen-bond donors (Lipinski definition) is 2. The number of nitriles is 1. The van der Waals surface area contributed by atoms with Gasteiger partial charge in [0.1, 0.15) is 5.69 Å². The molecule has 5 nitrogen and oxygen atoms in total. The van der Waals surface area contributed by atoms with Crippen LogP contribution < -0.4 is 5.32 Å². The maximum Gasteiger partial charge on any atom is 0.267 e. The Morgan fingerprint density at radius 1 is 1.35 bits per heavy atom. The van der Waals surface area contributed by atoms with Crippen LogP contribution >= 0.6 is 0 Å². The third-order valence-corrected chi connectivity index (χ3v) is 2.91. The fraction of sp³-hybridized carbons (Fsp3) is 0.133. The number of ketones is 1. The van der Waals surface area contributed by atoms with Crippen molar-refractivity contribution >= 4 is 11.7 Å². The van der Waals surface area contributed by atoms with Crippen molar-refractivity contribution in [2.75, 3.05) is 0 Å². The van der Waals surface area contributed by atoms with E-state index in [1.54, 1.807) is 18.2 Å². The van der Waals surface area contributed by atoms with Crippen LogP contribution in [0.25, 0.3) is 0 Å². The zero-order valence-corrected chi connectivity index (χ0v) is 10.9. The number of carbonyl (C=O) groups is 2. The van der Waals surface area contributed by atoms with Crippen molar-refractivity contribution in [1.29, 1.82) is 5.26 Å². The highest BCUT2D eigenvalue weighted by Crippen LogP contribution is 2.08. The fourth-order valence-electron chi connectivity index (χ4n) is 1.78. The summed E-state index contributed by atoms with van der Waals surface area (Å²) in [6.07, 6.45) is 1.50. The predicted octanol–water partition coefficient (Wildman–Crippen LogP) is 2.02. The molecule has 20 heavy (non-hydrogen) atoms. The lowest BCUT2D eigenvalue weighted by Gasteiger charge is -2.05. The average molecular weight is 267 g/mol. The van der Waals surface area contributed by atoms with E-state index in [1.807, 2.05) is 6.07 Å². The fourth-order valence-corrected chi connectivity index (χ4v) is 1.78. The number of H-pyrrole nitrogens is 1. The van der Waals surface area contributed by atoms with Gasteiger partial charge in [-0.15, -0.1) is 0 Å². The monoisotopic (exact) mass is 267 g/mol. The highest BCUT2D eigenvalue weighted by atomic mass is 16.2. The summed E-state index contributed by atoms with van der Waals surface area (Å²) in [4.78, 5) is 25.8. The molecule has 0 spiro atoms. The molecule has 2 rings (SSSR count). The lowest BCUT2D eigenvalue weighted by Crippen LogP contribution is -2.23. The Hall–Kier alpha value is -2.87. The van der Waals surface area contributed by atoms with Crippen LogP contribution in [0.4, 0.5) is 0 Å². The Kier molecular flexibility index (Phi) is 3.96. The van der Waals surface area contributed by atoms with Gasteiger partial charge in [-0.3, -0.25) is 9.59 Å². The summed E-state index contributed by atoms with van der Waals surface area (Å²) in [5.74, 6) is -0.416. The van der Waals surface area contributed by atoms with E-state index >= 15 is 0 Å². The lowest BCUT2D eigenvalue weighted by molar-refractivity contribution is 0.0946. The number of hydrogen-bond acceptors (Lipinski definition) is 3. The summed E-state index contributed by atoms with van der Waals surface area (Å²) in [7, 11) is 0. The van der Waals surface area contributed by atoms with Gasteiger partial charge in [-0.1, -0.05) is 18.2 Å². The van der Waals surface area contributed by atoms with Gasteiger partial charge in [0, 0.05) is 18.3 Å². The molecule has 100 valence electrons. The molecule has 0 atom stereocenters. The summed E-state index contributed by atoms with van der Waals surface area (Å²) in [6, 6.07) is 10.6. The number of carbonyl (C=O) groups excluding carboxylic acids is 2. The molecule has 0 saturated carbocycles. The quantitative estimate of drug-likeness (QED) is 0.831. The summed E-state index contributed by atoms with van der Waals surface area (Å²) in [5, 5.41) is 11.7. The van der Waals surface area contributed by atoms with Crippen molar-refractivity contribution in [3.8, 4) is 6.07 Å². The number of benzene rings is 1. The minimum Gasteiger partial charge on any atom is -0.356 e. The van der Waals surface area contributed by atoms with Crippen molar-refractivity contribution < 1.29 is 9.59 Å². The van der Waals surface area contributed by atoms with Crippen LogP contribution in [0.3, 0.4) is 0 Å². The average Bonchev–Trinajstić information content (AvgIpc) is 2.95. The van der Waals surface area contributed by atoms with Gasteiger partial charge >= 0.3 is 0 Å². The van der Waals surface area contributed by atoms with E-state index in [0.717, 1.165) is 5.56 Å². The molecule has 1 aromatic carbocycles. The van der Waals surface area contributed by atoms with Crippen LogP contribution in [-0.2, 0) is 6.54 Å². The Labute approximate surface area is 116 Å². The molecule has 0 saturated heterocycles. The number of amides is 1. The molecule has 0 bridgehead atoms. The van der Waals surface area contributed by atoms with Crippen molar-refractivity contribution in [1.82, 2.24) is 10.3 Å². The summed E-state index contributed by atoms with van der Waals surface area (Å²) in [6.45, 7) is 1.70. The number of nitrogens with one attached hydrogen (secondary N) is 2. The van der Waals surface area contributed by atoms with E-state index < -0.39 is 0 Å². The summed E-state index contributed by atoms with van der Waals surface area (Å²) < 4.78 is 0. The Morgan fingerprint density at radius 3 is 2.75 bits per heavy atom. The number of aromatic nitrogens is 1. The highest BCUT2D eigenvalue weighted by molar-refractivity contribution is 5.99. The van der Waals surface area contributed by atoms with Crippen LogP contribution in [0, 0.1) is 11.3 Å². The number of Topliss-reactive ketones (excluding diaryl/α,β-unsaturated/α-hetero) is 1. The van der Waals surface area contributed by atoms with E-state index in [4.69, 9.17) is 5.26 Å². The van der Waals surface area contributed by atoms with E-state index in [9.17, 15) is 9.59 Å². The third-order valence-electron chi connectivity index (χ3n) is 2.91. The van der Waals surface area contributed by atoms with Gasteiger partial charge in [0.05, 0.1) is 11.6 Å². The minimum absolute atomic E-state index is 0.102. The second kappa shape index (κ2) is 5.85. The Bertz CT molecular complexity index is 695. The number of aromatic amines is 1. The molecule has 2 N–H and O–H groups in total. The second-order valence-corrected chi connectivity index (χ2v) is 4.31. The van der Waals surface area contributed by atoms with Crippen LogP contribution in [0.2, 0.25) is 0 Å². The molecule has 0 aliphatic carbocycles. The van der Waals surface area contributed by atoms with Crippen molar-refractivity contribution in [2.24, 2.45) is 0 Å². The third kappa shape index (κ3) is 2.93. The summed E-state index contributed by atoms with van der Waals surface area (Å²) >= 11 is 0. The number of nitrogens with zero attached hydrogens (tertiary/aromatic N) is 1. The van der Waals surface area contributed by atoms with Crippen LogP contribution in [0.15, 0.2) is 36.5 Å². The molecular weight excluding hydrogens is 254 g/mol. The molecule has 0 aliphatic heterocycles. The van der Waals surface area contributed by atoms with E-state index in [-0.39, 0.29) is 18.2 Å². The van der Waals surface area contributed by atoms with Crippen LogP contribution in [0.1, 0.15) is 38.9 Å². The lowest BCUT2D eigenvalue weighted by atomic mass is 10.1. The molecule has 1 heterocycles. The summed E-state index contributed by atoms with van der Waals surface area (Å²) in [5.41, 5.74) is 2.07. The van der Waals surface area contributed by atoms with Gasteiger partial charge in [0.25, 0.3) is 5.91 Å². The molecule has 0 radical (unpaired) electrons. The topological polar surface area (TPSA) is 85.8 Å². The standard InChI is InChI=1S/C15H13N3O2/c1-10(19)13-6-14(17-9-13)15(20)18-8-12-5-3-2-4-11(12)7-16/h2-6,9,17H,8H2,1H3,(H,18,20). The normalized spacial score (nSPS) is 9.80. The van der Waals surface area contributed by atoms with E-state index in [1.165, 1.54) is 19.2 Å².